The minimum atomic E-state index is -0.681. The molecule has 140 valence electrons. The number of nitrogens with one attached hydrogen (secondary N) is 1. The molecule has 0 radical (unpaired) electrons. The van der Waals surface area contributed by atoms with Crippen LogP contribution >= 0.6 is 0 Å². The number of hydrogen-bond donors (Lipinski definition) is 1. The summed E-state index contributed by atoms with van der Waals surface area (Å²) in [6, 6.07) is 13.6. The first-order chi connectivity index (χ1) is 13.0. The van der Waals surface area contributed by atoms with E-state index in [0.29, 0.717) is 12.1 Å². The summed E-state index contributed by atoms with van der Waals surface area (Å²) >= 11 is 0. The molecule has 1 unspecified atom stereocenters. The Morgan fingerprint density at radius 1 is 1.19 bits per heavy atom. The number of aryl methyl sites for hydroxylation is 1. The Labute approximate surface area is 158 Å². The molecule has 0 fully saturated rings. The van der Waals surface area contributed by atoms with Gasteiger partial charge in [0.2, 0.25) is 5.91 Å². The van der Waals surface area contributed by atoms with Crippen LogP contribution in [0.5, 0.6) is 0 Å². The van der Waals surface area contributed by atoms with Gasteiger partial charge in [-0.15, -0.1) is 0 Å². The zero-order chi connectivity index (χ0) is 19.4. The fourth-order valence-electron chi connectivity index (χ4n) is 3.06. The summed E-state index contributed by atoms with van der Waals surface area (Å²) < 4.78 is 16.1. The van der Waals surface area contributed by atoms with Gasteiger partial charge in [-0.2, -0.15) is 0 Å². The number of carbonyl (C=O) groups is 1. The van der Waals surface area contributed by atoms with Gasteiger partial charge in [-0.25, -0.2) is 9.37 Å². The van der Waals surface area contributed by atoms with Crippen LogP contribution in [0.25, 0.3) is 5.69 Å². The molecule has 3 rings (SSSR count). The summed E-state index contributed by atoms with van der Waals surface area (Å²) in [5, 5.41) is 2.91. The summed E-state index contributed by atoms with van der Waals surface area (Å²) in [5.74, 6) is 0.292. The first-order valence-corrected chi connectivity index (χ1v) is 8.75. The maximum atomic E-state index is 14.1. The van der Waals surface area contributed by atoms with E-state index in [-0.39, 0.29) is 11.7 Å². The second-order valence-corrected chi connectivity index (χ2v) is 6.62. The molecule has 1 atom stereocenters. The van der Waals surface area contributed by atoms with Crippen molar-refractivity contribution in [3.8, 4) is 5.69 Å². The number of carbonyl (C=O) groups excluding carboxylic acids is 1. The Morgan fingerprint density at radius 3 is 2.48 bits per heavy atom. The van der Waals surface area contributed by atoms with E-state index in [2.05, 4.69) is 10.3 Å². The lowest BCUT2D eigenvalue weighted by Crippen LogP contribution is -2.37. The fraction of sp³-hybridized carbons (Fsp3) is 0.238. The topological polar surface area (TPSA) is 50.2 Å². The fourth-order valence-corrected chi connectivity index (χ4v) is 3.06. The van der Waals surface area contributed by atoms with Crippen LogP contribution in [-0.4, -0.2) is 34.5 Å². The second-order valence-electron chi connectivity index (χ2n) is 6.62. The minimum absolute atomic E-state index is 0.236. The van der Waals surface area contributed by atoms with E-state index in [4.69, 9.17) is 0 Å². The molecule has 1 N–H and O–H groups in total. The molecule has 2 aromatic carbocycles. The van der Waals surface area contributed by atoms with Crippen molar-refractivity contribution in [3.05, 3.63) is 83.7 Å². The number of halogens is 1. The maximum absolute atomic E-state index is 14.1. The van der Waals surface area contributed by atoms with Gasteiger partial charge in [-0.3, -0.25) is 9.69 Å². The smallest absolute Gasteiger partial charge is 0.242 e. The molecule has 0 bridgehead atoms. The molecular formula is C21H23FN4O. The predicted octanol–water partition coefficient (Wildman–Crippen LogP) is 3.24. The van der Waals surface area contributed by atoms with Crippen LogP contribution < -0.4 is 5.32 Å². The highest BCUT2D eigenvalue weighted by Gasteiger charge is 2.25. The third-order valence-corrected chi connectivity index (χ3v) is 4.47. The summed E-state index contributed by atoms with van der Waals surface area (Å²) in [7, 11) is 3.53. The van der Waals surface area contributed by atoms with Crippen molar-refractivity contribution in [3.63, 3.8) is 0 Å². The SMILES string of the molecule is Cc1nccn1-c1ccc(CNC(=O)C(c2ccccc2F)N(C)C)cc1. The molecule has 0 aliphatic carbocycles. The van der Waals surface area contributed by atoms with Crippen molar-refractivity contribution in [2.75, 3.05) is 14.1 Å². The predicted molar refractivity (Wildman–Crippen MR) is 103 cm³/mol. The van der Waals surface area contributed by atoms with E-state index in [9.17, 15) is 9.18 Å². The van der Waals surface area contributed by atoms with Crippen molar-refractivity contribution in [1.82, 2.24) is 19.8 Å². The molecular weight excluding hydrogens is 343 g/mol. The third-order valence-electron chi connectivity index (χ3n) is 4.47. The van der Waals surface area contributed by atoms with Gasteiger partial charge in [0.05, 0.1) is 0 Å². The first kappa shape index (κ1) is 18.8. The monoisotopic (exact) mass is 366 g/mol. The highest BCUT2D eigenvalue weighted by molar-refractivity contribution is 5.83. The van der Waals surface area contributed by atoms with Crippen molar-refractivity contribution in [1.29, 1.82) is 0 Å². The molecule has 1 amide bonds. The number of nitrogens with zero attached hydrogens (tertiary/aromatic N) is 3. The molecule has 0 aliphatic rings. The molecule has 1 heterocycles. The average molecular weight is 366 g/mol. The molecule has 1 aromatic heterocycles. The molecule has 0 spiro atoms. The standard InChI is InChI=1S/C21H23FN4O/c1-15-23-12-13-26(15)17-10-8-16(9-11-17)14-24-21(27)20(25(2)3)18-6-4-5-7-19(18)22/h4-13,20H,14H2,1-3H3,(H,24,27). The van der Waals surface area contributed by atoms with Gasteiger partial charge in [0.15, 0.2) is 0 Å². The van der Waals surface area contributed by atoms with Crippen LogP contribution in [-0.2, 0) is 11.3 Å². The zero-order valence-electron chi connectivity index (χ0n) is 15.7. The number of imidazole rings is 1. The highest BCUT2D eigenvalue weighted by atomic mass is 19.1. The van der Waals surface area contributed by atoms with Crippen molar-refractivity contribution in [2.24, 2.45) is 0 Å². The lowest BCUT2D eigenvalue weighted by atomic mass is 10.0. The average Bonchev–Trinajstić information content (AvgIpc) is 3.08. The highest BCUT2D eigenvalue weighted by Crippen LogP contribution is 2.21. The molecule has 6 heteroatoms. The lowest BCUT2D eigenvalue weighted by molar-refractivity contribution is -0.126. The van der Waals surface area contributed by atoms with E-state index in [1.165, 1.54) is 6.07 Å². The number of aromatic nitrogens is 2. The first-order valence-electron chi connectivity index (χ1n) is 8.75. The molecule has 5 nitrogen and oxygen atoms in total. The van der Waals surface area contributed by atoms with E-state index >= 15 is 0 Å². The zero-order valence-corrected chi connectivity index (χ0v) is 15.7. The van der Waals surface area contributed by atoms with Gasteiger partial charge in [-0.05, 0) is 44.8 Å². The summed E-state index contributed by atoms with van der Waals surface area (Å²) in [6.07, 6.45) is 3.66. The lowest BCUT2D eigenvalue weighted by Gasteiger charge is -2.24. The number of rotatable bonds is 6. The summed E-state index contributed by atoms with van der Waals surface area (Å²) in [5.41, 5.74) is 2.35. The Hall–Kier alpha value is -2.99. The molecule has 3 aromatic rings. The maximum Gasteiger partial charge on any atom is 0.242 e. The van der Waals surface area contributed by atoms with Crippen LogP contribution in [0.4, 0.5) is 4.39 Å². The van der Waals surface area contributed by atoms with Crippen LogP contribution in [0.2, 0.25) is 0 Å². The van der Waals surface area contributed by atoms with Gasteiger partial charge in [0.25, 0.3) is 0 Å². The van der Waals surface area contributed by atoms with E-state index < -0.39 is 6.04 Å². The van der Waals surface area contributed by atoms with Crippen LogP contribution in [0.1, 0.15) is 23.0 Å². The van der Waals surface area contributed by atoms with Gasteiger partial charge in [0, 0.05) is 30.2 Å². The number of benzene rings is 2. The molecule has 0 saturated heterocycles. The largest absolute Gasteiger partial charge is 0.350 e. The molecule has 0 aliphatic heterocycles. The molecule has 27 heavy (non-hydrogen) atoms. The van der Waals surface area contributed by atoms with E-state index in [0.717, 1.165) is 17.1 Å². The summed E-state index contributed by atoms with van der Waals surface area (Å²) in [4.78, 5) is 18.6. The normalized spacial score (nSPS) is 12.2. The summed E-state index contributed by atoms with van der Waals surface area (Å²) in [6.45, 7) is 2.32. The number of likely N-dealkylation sites (N-methyl/N-ethyl adjacent to an activating group) is 1. The van der Waals surface area contributed by atoms with E-state index in [1.807, 2.05) is 42.0 Å². The van der Waals surface area contributed by atoms with Crippen LogP contribution in [0.3, 0.4) is 0 Å². The quantitative estimate of drug-likeness (QED) is 0.729. The Kier molecular flexibility index (Phi) is 5.66. The second kappa shape index (κ2) is 8.14. The number of amides is 1. The number of hydrogen-bond acceptors (Lipinski definition) is 3. The van der Waals surface area contributed by atoms with Gasteiger partial charge >= 0.3 is 0 Å². The van der Waals surface area contributed by atoms with E-state index in [1.54, 1.807) is 43.4 Å². The Balaban J connectivity index is 1.69. The Bertz CT molecular complexity index is 918. The van der Waals surface area contributed by atoms with Gasteiger partial charge < -0.3 is 9.88 Å². The van der Waals surface area contributed by atoms with Crippen molar-refractivity contribution in [2.45, 2.75) is 19.5 Å². The minimum Gasteiger partial charge on any atom is -0.350 e. The van der Waals surface area contributed by atoms with Crippen molar-refractivity contribution >= 4 is 5.91 Å². The van der Waals surface area contributed by atoms with Crippen molar-refractivity contribution < 1.29 is 9.18 Å². The Morgan fingerprint density at radius 2 is 1.89 bits per heavy atom. The van der Waals surface area contributed by atoms with Gasteiger partial charge in [0.1, 0.15) is 17.7 Å². The third kappa shape index (κ3) is 4.23. The van der Waals surface area contributed by atoms with Gasteiger partial charge in [-0.1, -0.05) is 30.3 Å². The van der Waals surface area contributed by atoms with Crippen LogP contribution in [0.15, 0.2) is 60.9 Å². The van der Waals surface area contributed by atoms with Crippen LogP contribution in [0, 0.1) is 12.7 Å². The molecule has 0 saturated carbocycles.